The van der Waals surface area contributed by atoms with Gasteiger partial charge in [0, 0.05) is 31.6 Å². The summed E-state index contributed by atoms with van der Waals surface area (Å²) in [5.74, 6) is 1.76. The molecule has 0 spiro atoms. The number of rotatable bonds is 4. The van der Waals surface area contributed by atoms with Gasteiger partial charge in [-0.05, 0) is 26.3 Å². The van der Waals surface area contributed by atoms with Crippen LogP contribution in [0.15, 0.2) is 6.07 Å². The normalized spacial score (nSPS) is 18.9. The van der Waals surface area contributed by atoms with Crippen molar-refractivity contribution in [2.45, 2.75) is 26.4 Å². The molecule has 1 unspecified atom stereocenters. The molecule has 2 aromatic heterocycles. The third-order valence-corrected chi connectivity index (χ3v) is 4.55. The Morgan fingerprint density at radius 2 is 2.35 bits per heavy atom. The monoisotopic (exact) mass is 292 g/mol. The molecule has 3 heterocycles. The van der Waals surface area contributed by atoms with Gasteiger partial charge in [-0.2, -0.15) is 4.98 Å². The van der Waals surface area contributed by atoms with Crippen LogP contribution in [-0.2, 0) is 4.74 Å². The first kappa shape index (κ1) is 13.6. The van der Waals surface area contributed by atoms with E-state index < -0.39 is 0 Å². The summed E-state index contributed by atoms with van der Waals surface area (Å²) in [5, 5.41) is 4.38. The van der Waals surface area contributed by atoms with Crippen molar-refractivity contribution in [1.82, 2.24) is 9.97 Å². The second-order valence-corrected chi connectivity index (χ2v) is 6.30. The van der Waals surface area contributed by atoms with Gasteiger partial charge in [-0.15, -0.1) is 11.3 Å². The number of anilines is 2. The van der Waals surface area contributed by atoms with Crippen molar-refractivity contribution in [2.24, 2.45) is 0 Å². The van der Waals surface area contributed by atoms with Gasteiger partial charge in [0.25, 0.3) is 0 Å². The van der Waals surface area contributed by atoms with Crippen LogP contribution in [0, 0.1) is 6.92 Å². The number of fused-ring (bicyclic) bond motifs is 1. The molecule has 1 aliphatic rings. The molecule has 0 amide bonds. The van der Waals surface area contributed by atoms with Gasteiger partial charge in [-0.25, -0.2) is 4.98 Å². The zero-order valence-corrected chi connectivity index (χ0v) is 13.0. The number of nitrogens with zero attached hydrogens (tertiary/aromatic N) is 3. The summed E-state index contributed by atoms with van der Waals surface area (Å²) in [7, 11) is 1.78. The lowest BCUT2D eigenvalue weighted by Gasteiger charge is -2.18. The molecule has 0 bridgehead atoms. The Bertz CT molecular complexity index is 612. The number of hydrogen-bond donors (Lipinski definition) is 1. The van der Waals surface area contributed by atoms with Crippen molar-refractivity contribution < 1.29 is 4.74 Å². The fraction of sp³-hybridized carbons (Fsp3) is 0.571. The van der Waals surface area contributed by atoms with Crippen LogP contribution in [0.25, 0.3) is 10.2 Å². The average molecular weight is 292 g/mol. The number of aryl methyl sites for hydroxylation is 1. The maximum atomic E-state index is 5.46. The molecule has 20 heavy (non-hydrogen) atoms. The predicted molar refractivity (Wildman–Crippen MR) is 83.9 cm³/mol. The van der Waals surface area contributed by atoms with E-state index in [4.69, 9.17) is 9.72 Å². The Kier molecular flexibility index (Phi) is 3.76. The lowest BCUT2D eigenvalue weighted by Crippen LogP contribution is -2.23. The van der Waals surface area contributed by atoms with Crippen LogP contribution < -0.4 is 10.2 Å². The van der Waals surface area contributed by atoms with Gasteiger partial charge in [0.2, 0.25) is 5.95 Å². The molecule has 3 rings (SSSR count). The highest BCUT2D eigenvalue weighted by molar-refractivity contribution is 7.18. The lowest BCUT2D eigenvalue weighted by molar-refractivity contribution is 0.121. The van der Waals surface area contributed by atoms with Crippen molar-refractivity contribution in [1.29, 1.82) is 0 Å². The number of aromatic nitrogens is 2. The van der Waals surface area contributed by atoms with Crippen molar-refractivity contribution in [2.75, 3.05) is 37.0 Å². The molecule has 0 radical (unpaired) electrons. The zero-order valence-electron chi connectivity index (χ0n) is 12.1. The number of hydrogen-bond acceptors (Lipinski definition) is 6. The summed E-state index contributed by atoms with van der Waals surface area (Å²) in [6.07, 6.45) is 1.36. The smallest absolute Gasteiger partial charge is 0.226 e. The van der Waals surface area contributed by atoms with Gasteiger partial charge in [0.15, 0.2) is 0 Å². The van der Waals surface area contributed by atoms with Crippen molar-refractivity contribution in [3.8, 4) is 0 Å². The molecule has 108 valence electrons. The van der Waals surface area contributed by atoms with Crippen LogP contribution in [0.4, 0.5) is 11.8 Å². The van der Waals surface area contributed by atoms with E-state index in [1.54, 1.807) is 18.4 Å². The Labute approximate surface area is 123 Å². The van der Waals surface area contributed by atoms with Crippen molar-refractivity contribution in [3.05, 3.63) is 10.9 Å². The highest BCUT2D eigenvalue weighted by Crippen LogP contribution is 2.33. The Morgan fingerprint density at radius 3 is 3.05 bits per heavy atom. The van der Waals surface area contributed by atoms with Crippen LogP contribution in [0.5, 0.6) is 0 Å². The Balaban J connectivity index is 2.03. The lowest BCUT2D eigenvalue weighted by atomic mass is 10.3. The quantitative estimate of drug-likeness (QED) is 0.939. The zero-order chi connectivity index (χ0) is 14.1. The molecule has 1 fully saturated rings. The minimum atomic E-state index is 0.308. The molecule has 1 atom stereocenters. The van der Waals surface area contributed by atoms with Gasteiger partial charge in [-0.1, -0.05) is 0 Å². The number of thiophene rings is 1. The number of ether oxygens (including phenoxy) is 1. The molecule has 6 heteroatoms. The molecule has 1 N–H and O–H groups in total. The molecule has 1 aliphatic heterocycles. The van der Waals surface area contributed by atoms with Crippen LogP contribution in [0.3, 0.4) is 0 Å². The fourth-order valence-corrected chi connectivity index (χ4v) is 3.49. The van der Waals surface area contributed by atoms with E-state index >= 15 is 0 Å². The summed E-state index contributed by atoms with van der Waals surface area (Å²) in [6.45, 7) is 6.90. The average Bonchev–Trinajstić information content (AvgIpc) is 3.03. The van der Waals surface area contributed by atoms with Crippen LogP contribution in [0.2, 0.25) is 0 Å². The number of nitrogens with one attached hydrogen (secondary N) is 1. The van der Waals surface area contributed by atoms with E-state index in [1.807, 2.05) is 0 Å². The van der Waals surface area contributed by atoms with Crippen molar-refractivity contribution in [3.63, 3.8) is 0 Å². The molecule has 5 nitrogen and oxygen atoms in total. The highest BCUT2D eigenvalue weighted by Gasteiger charge is 2.25. The summed E-state index contributed by atoms with van der Waals surface area (Å²) in [6, 6.07) is 2.19. The standard InChI is InChI=1S/C14H20N4OS/c1-4-15-14-16-12(18-6-5-10(8-18)19-3)11-7-9(2)20-13(11)17-14/h7,10H,4-6,8H2,1-3H3,(H,15,16,17). The van der Waals surface area contributed by atoms with Gasteiger partial charge in [-0.3, -0.25) is 0 Å². The SMILES string of the molecule is CCNc1nc(N2CCC(OC)C2)c2cc(C)sc2n1. The molecule has 1 saturated heterocycles. The largest absolute Gasteiger partial charge is 0.380 e. The van der Waals surface area contributed by atoms with Crippen LogP contribution in [0.1, 0.15) is 18.2 Å². The topological polar surface area (TPSA) is 50.3 Å². The van der Waals surface area contributed by atoms with E-state index in [2.05, 4.69) is 35.1 Å². The first-order valence-electron chi connectivity index (χ1n) is 7.01. The van der Waals surface area contributed by atoms with E-state index in [1.165, 1.54) is 4.88 Å². The van der Waals surface area contributed by atoms with Gasteiger partial charge in [0.05, 0.1) is 11.5 Å². The second kappa shape index (κ2) is 5.54. The van der Waals surface area contributed by atoms with Crippen LogP contribution >= 0.6 is 11.3 Å². The minimum absolute atomic E-state index is 0.308. The third-order valence-electron chi connectivity index (χ3n) is 3.61. The van der Waals surface area contributed by atoms with E-state index in [-0.39, 0.29) is 0 Å². The second-order valence-electron chi connectivity index (χ2n) is 5.07. The first-order chi connectivity index (χ1) is 9.71. The Morgan fingerprint density at radius 1 is 1.50 bits per heavy atom. The summed E-state index contributed by atoms with van der Waals surface area (Å²) < 4.78 is 5.46. The van der Waals surface area contributed by atoms with E-state index in [9.17, 15) is 0 Å². The minimum Gasteiger partial charge on any atom is -0.380 e. The first-order valence-corrected chi connectivity index (χ1v) is 7.82. The van der Waals surface area contributed by atoms with Crippen molar-refractivity contribution >= 4 is 33.3 Å². The molecule has 0 aliphatic carbocycles. The highest BCUT2D eigenvalue weighted by atomic mass is 32.1. The molecule has 2 aromatic rings. The maximum absolute atomic E-state index is 5.46. The summed E-state index contributed by atoms with van der Waals surface area (Å²) in [5.41, 5.74) is 0. The summed E-state index contributed by atoms with van der Waals surface area (Å²) in [4.78, 5) is 13.9. The summed E-state index contributed by atoms with van der Waals surface area (Å²) >= 11 is 1.72. The van der Waals surface area contributed by atoms with Gasteiger partial charge >= 0.3 is 0 Å². The van der Waals surface area contributed by atoms with Gasteiger partial charge < -0.3 is 15.0 Å². The molecule has 0 saturated carbocycles. The van der Waals surface area contributed by atoms with E-state index in [0.717, 1.165) is 48.0 Å². The molecular formula is C14H20N4OS. The maximum Gasteiger partial charge on any atom is 0.226 e. The third kappa shape index (κ3) is 2.45. The molecular weight excluding hydrogens is 272 g/mol. The Hall–Kier alpha value is -1.40. The fourth-order valence-electron chi connectivity index (χ4n) is 2.62. The predicted octanol–water partition coefficient (Wildman–Crippen LogP) is 2.66. The van der Waals surface area contributed by atoms with E-state index in [0.29, 0.717) is 6.10 Å². The van der Waals surface area contributed by atoms with Crippen LogP contribution in [-0.4, -0.2) is 42.8 Å². The molecule has 0 aromatic carbocycles. The number of methoxy groups -OCH3 is 1. The van der Waals surface area contributed by atoms with Gasteiger partial charge in [0.1, 0.15) is 10.6 Å².